The van der Waals surface area contributed by atoms with Crippen LogP contribution in [0.25, 0.3) is 0 Å². The SMILES string of the molecule is C=C[Si](C)(O[Si](C)C)O[Si](C)C. The molecule has 0 aromatic rings. The largest absolute Gasteiger partial charge is 0.434 e. The molecule has 0 aliphatic heterocycles. The Labute approximate surface area is 80.3 Å². The van der Waals surface area contributed by atoms with Gasteiger partial charge in [0.15, 0.2) is 18.1 Å². The van der Waals surface area contributed by atoms with Crippen molar-refractivity contribution >= 4 is 26.6 Å². The first-order valence-electron chi connectivity index (χ1n) is 4.01. The van der Waals surface area contributed by atoms with Crippen molar-refractivity contribution in [1.82, 2.24) is 0 Å². The zero-order chi connectivity index (χ0) is 9.78. The molecule has 0 saturated heterocycles. The molecule has 0 aromatic heterocycles. The average molecular weight is 218 g/mol. The molecule has 0 saturated carbocycles. The third-order valence-corrected chi connectivity index (χ3v) is 8.43. The first-order chi connectivity index (χ1) is 5.39. The average Bonchev–Trinajstić information content (AvgIpc) is 1.83. The maximum Gasteiger partial charge on any atom is 0.340 e. The van der Waals surface area contributed by atoms with Crippen LogP contribution in [0.15, 0.2) is 12.3 Å². The molecule has 5 heteroatoms. The van der Waals surface area contributed by atoms with Crippen LogP contribution < -0.4 is 0 Å². The zero-order valence-electron chi connectivity index (χ0n) is 8.60. The van der Waals surface area contributed by atoms with E-state index in [2.05, 4.69) is 39.3 Å². The third-order valence-electron chi connectivity index (χ3n) is 1.18. The summed E-state index contributed by atoms with van der Waals surface area (Å²) in [4.78, 5) is 0. The van der Waals surface area contributed by atoms with Gasteiger partial charge in [0.1, 0.15) is 0 Å². The molecule has 0 fully saturated rings. The molecule has 12 heavy (non-hydrogen) atoms. The predicted molar refractivity (Wildman–Crippen MR) is 58.9 cm³/mol. The first kappa shape index (κ1) is 12.3. The van der Waals surface area contributed by atoms with Gasteiger partial charge in [-0.3, -0.25) is 0 Å². The van der Waals surface area contributed by atoms with E-state index in [1.165, 1.54) is 0 Å². The highest BCUT2D eigenvalue weighted by atomic mass is 28.5. The van der Waals surface area contributed by atoms with Crippen LogP contribution in [-0.2, 0) is 8.23 Å². The van der Waals surface area contributed by atoms with Crippen LogP contribution in [0, 0.1) is 0 Å². The molecule has 0 unspecified atom stereocenters. The second-order valence-corrected chi connectivity index (χ2v) is 10.9. The van der Waals surface area contributed by atoms with Gasteiger partial charge in [-0.25, -0.2) is 0 Å². The van der Waals surface area contributed by atoms with Crippen molar-refractivity contribution in [1.29, 1.82) is 0 Å². The highest BCUT2D eigenvalue weighted by molar-refractivity contribution is 6.82. The second kappa shape index (κ2) is 5.13. The lowest BCUT2D eigenvalue weighted by Crippen LogP contribution is -2.43. The Kier molecular flexibility index (Phi) is 5.26. The third kappa shape index (κ3) is 5.04. The normalized spacial score (nSPS) is 12.6. The summed E-state index contributed by atoms with van der Waals surface area (Å²) in [5, 5.41) is 0. The molecule has 0 N–H and O–H groups in total. The van der Waals surface area contributed by atoms with Crippen LogP contribution >= 0.6 is 0 Å². The van der Waals surface area contributed by atoms with E-state index >= 15 is 0 Å². The van der Waals surface area contributed by atoms with E-state index in [1.807, 2.05) is 5.70 Å². The van der Waals surface area contributed by atoms with Gasteiger partial charge in [-0.1, -0.05) is 5.70 Å². The summed E-state index contributed by atoms with van der Waals surface area (Å²) in [6.07, 6.45) is 0. The van der Waals surface area contributed by atoms with Crippen LogP contribution in [0.5, 0.6) is 0 Å². The van der Waals surface area contributed by atoms with Crippen molar-refractivity contribution in [2.75, 3.05) is 0 Å². The molecule has 0 amide bonds. The lowest BCUT2D eigenvalue weighted by molar-refractivity contribution is 0.423. The Balaban J connectivity index is 4.14. The highest BCUT2D eigenvalue weighted by Crippen LogP contribution is 2.11. The maximum absolute atomic E-state index is 5.82. The molecule has 0 spiro atoms. The minimum atomic E-state index is -2.00. The zero-order valence-corrected chi connectivity index (χ0v) is 11.6. The van der Waals surface area contributed by atoms with Crippen molar-refractivity contribution in [3.05, 3.63) is 12.3 Å². The molecule has 0 rings (SSSR count). The molecule has 0 aliphatic carbocycles. The van der Waals surface area contributed by atoms with Crippen molar-refractivity contribution in [3.8, 4) is 0 Å². The molecule has 0 atom stereocenters. The van der Waals surface area contributed by atoms with Gasteiger partial charge in [0.2, 0.25) is 0 Å². The fourth-order valence-electron chi connectivity index (χ4n) is 0.915. The van der Waals surface area contributed by atoms with Crippen molar-refractivity contribution in [2.45, 2.75) is 32.7 Å². The number of rotatable bonds is 5. The van der Waals surface area contributed by atoms with Crippen LogP contribution in [0.3, 0.4) is 0 Å². The summed E-state index contributed by atoms with van der Waals surface area (Å²) < 4.78 is 11.6. The van der Waals surface area contributed by atoms with E-state index in [1.54, 1.807) is 0 Å². The molecule has 0 bridgehead atoms. The standard InChI is InChI=1S/C7H18O2Si3/c1-7-12(6,8-10(2)3)9-11(4)5/h7H,1H2,2-6H3. The van der Waals surface area contributed by atoms with Crippen LogP contribution in [0.2, 0.25) is 32.7 Å². The van der Waals surface area contributed by atoms with Crippen LogP contribution in [0.4, 0.5) is 0 Å². The summed E-state index contributed by atoms with van der Waals surface area (Å²) >= 11 is 0. The van der Waals surface area contributed by atoms with Gasteiger partial charge >= 0.3 is 8.56 Å². The number of hydrogen-bond donors (Lipinski definition) is 0. The number of hydrogen-bond acceptors (Lipinski definition) is 2. The molecule has 0 aliphatic rings. The lowest BCUT2D eigenvalue weighted by atomic mass is 11.3. The van der Waals surface area contributed by atoms with E-state index in [-0.39, 0.29) is 0 Å². The van der Waals surface area contributed by atoms with Gasteiger partial charge in [-0.15, -0.1) is 6.58 Å². The fraction of sp³-hybridized carbons (Fsp3) is 0.714. The summed E-state index contributed by atoms with van der Waals surface area (Å²) in [5.41, 5.74) is 1.88. The summed E-state index contributed by atoms with van der Waals surface area (Å²) in [6.45, 7) is 14.4. The van der Waals surface area contributed by atoms with Crippen LogP contribution in [0.1, 0.15) is 0 Å². The van der Waals surface area contributed by atoms with Gasteiger partial charge in [0.25, 0.3) is 0 Å². The van der Waals surface area contributed by atoms with Crippen molar-refractivity contribution in [2.24, 2.45) is 0 Å². The minimum Gasteiger partial charge on any atom is -0.434 e. The molecule has 2 radical (unpaired) electrons. The molecule has 70 valence electrons. The quantitative estimate of drug-likeness (QED) is 0.660. The summed E-state index contributed by atoms with van der Waals surface area (Å²) in [6, 6.07) is 0. The van der Waals surface area contributed by atoms with E-state index in [9.17, 15) is 0 Å². The van der Waals surface area contributed by atoms with Gasteiger partial charge < -0.3 is 8.23 Å². The molecular formula is C7H18O2Si3. The van der Waals surface area contributed by atoms with Crippen molar-refractivity contribution < 1.29 is 8.23 Å². The molecule has 0 aromatic carbocycles. The molecule has 2 nitrogen and oxygen atoms in total. The Morgan fingerprint density at radius 3 is 1.58 bits per heavy atom. The Morgan fingerprint density at radius 2 is 1.42 bits per heavy atom. The van der Waals surface area contributed by atoms with E-state index in [4.69, 9.17) is 8.23 Å². The maximum atomic E-state index is 5.82. The van der Waals surface area contributed by atoms with Gasteiger partial charge in [0.05, 0.1) is 0 Å². The van der Waals surface area contributed by atoms with E-state index in [0.717, 1.165) is 0 Å². The smallest absolute Gasteiger partial charge is 0.340 e. The Morgan fingerprint density at radius 1 is 1.08 bits per heavy atom. The Bertz CT molecular complexity index is 138. The fourth-order valence-corrected chi connectivity index (χ4v) is 8.61. The summed E-state index contributed by atoms with van der Waals surface area (Å²) in [7, 11) is -3.33. The molecule has 0 heterocycles. The second-order valence-electron chi connectivity index (χ2n) is 3.24. The summed E-state index contributed by atoms with van der Waals surface area (Å²) in [5.74, 6) is 0. The highest BCUT2D eigenvalue weighted by Gasteiger charge is 2.29. The Hall–Kier alpha value is 0.311. The first-order valence-corrected chi connectivity index (χ1v) is 11.2. The van der Waals surface area contributed by atoms with E-state index < -0.39 is 26.6 Å². The molecular weight excluding hydrogens is 200 g/mol. The lowest BCUT2D eigenvalue weighted by Gasteiger charge is -2.27. The van der Waals surface area contributed by atoms with Gasteiger partial charge in [-0.2, -0.15) is 0 Å². The van der Waals surface area contributed by atoms with E-state index in [0.29, 0.717) is 0 Å². The topological polar surface area (TPSA) is 18.5 Å². The predicted octanol–water partition coefficient (Wildman–Crippen LogP) is 2.32. The van der Waals surface area contributed by atoms with Gasteiger partial charge in [0, 0.05) is 0 Å². The van der Waals surface area contributed by atoms with Gasteiger partial charge in [-0.05, 0) is 32.7 Å². The van der Waals surface area contributed by atoms with Crippen LogP contribution in [-0.4, -0.2) is 26.6 Å². The van der Waals surface area contributed by atoms with Crippen molar-refractivity contribution in [3.63, 3.8) is 0 Å². The minimum absolute atomic E-state index is 0.667. The monoisotopic (exact) mass is 218 g/mol.